The maximum absolute atomic E-state index is 13.1. The van der Waals surface area contributed by atoms with E-state index < -0.39 is 17.7 Å². The maximum Gasteiger partial charge on any atom is 0.300 e. The number of pyridine rings is 1. The molecule has 1 aromatic heterocycles. The molecular formula is C25H22N2O3. The summed E-state index contributed by atoms with van der Waals surface area (Å²) in [6, 6.07) is 17.4. The van der Waals surface area contributed by atoms with Gasteiger partial charge in [0, 0.05) is 17.4 Å². The molecule has 150 valence electrons. The fraction of sp³-hybridized carbons (Fsp3) is 0.160. The average Bonchev–Trinajstić information content (AvgIpc) is 3.01. The molecule has 1 fully saturated rings. The third kappa shape index (κ3) is 3.18. The molecule has 0 spiro atoms. The summed E-state index contributed by atoms with van der Waals surface area (Å²) in [5.74, 6) is -1.59. The molecule has 5 heteroatoms. The summed E-state index contributed by atoms with van der Waals surface area (Å²) in [6.07, 6.45) is 1.61. The Bertz CT molecular complexity index is 1180. The van der Waals surface area contributed by atoms with Crippen LogP contribution in [0.5, 0.6) is 0 Å². The number of anilines is 1. The SMILES string of the molecule is Cc1ccc(/C(O)=C2/C(=O)C(=O)N(c3ccccc3C)C2c2ccccn2)cc1C. The minimum Gasteiger partial charge on any atom is -0.507 e. The van der Waals surface area contributed by atoms with Crippen LogP contribution in [-0.4, -0.2) is 21.8 Å². The molecule has 3 aromatic rings. The molecule has 4 rings (SSSR count). The number of hydrogen-bond donors (Lipinski definition) is 1. The Balaban J connectivity index is 1.97. The van der Waals surface area contributed by atoms with Gasteiger partial charge in [0.25, 0.3) is 11.7 Å². The van der Waals surface area contributed by atoms with E-state index in [1.165, 1.54) is 4.90 Å². The van der Waals surface area contributed by atoms with Crippen LogP contribution in [0.15, 0.2) is 72.4 Å². The molecule has 1 atom stereocenters. The van der Waals surface area contributed by atoms with Gasteiger partial charge >= 0.3 is 0 Å². The zero-order valence-corrected chi connectivity index (χ0v) is 17.1. The van der Waals surface area contributed by atoms with Gasteiger partial charge in [0.15, 0.2) is 0 Å². The van der Waals surface area contributed by atoms with Gasteiger partial charge in [-0.05, 0) is 61.7 Å². The Morgan fingerprint density at radius 2 is 1.63 bits per heavy atom. The summed E-state index contributed by atoms with van der Waals surface area (Å²) in [6.45, 7) is 5.80. The molecule has 2 aromatic carbocycles. The molecular weight excluding hydrogens is 376 g/mol. The number of para-hydroxylation sites is 1. The first-order chi connectivity index (χ1) is 14.4. The van der Waals surface area contributed by atoms with E-state index in [1.807, 2.05) is 51.1 Å². The fourth-order valence-corrected chi connectivity index (χ4v) is 3.78. The maximum atomic E-state index is 13.1. The molecule has 1 saturated heterocycles. The highest BCUT2D eigenvalue weighted by molar-refractivity contribution is 6.51. The fourth-order valence-electron chi connectivity index (χ4n) is 3.78. The van der Waals surface area contributed by atoms with Crippen LogP contribution in [0.4, 0.5) is 5.69 Å². The van der Waals surface area contributed by atoms with Gasteiger partial charge in [0.05, 0.1) is 11.3 Å². The van der Waals surface area contributed by atoms with E-state index in [0.29, 0.717) is 16.9 Å². The van der Waals surface area contributed by atoms with Crippen molar-refractivity contribution in [1.29, 1.82) is 0 Å². The van der Waals surface area contributed by atoms with Gasteiger partial charge in [0.2, 0.25) is 0 Å². The molecule has 5 nitrogen and oxygen atoms in total. The van der Waals surface area contributed by atoms with Gasteiger partial charge in [-0.1, -0.05) is 36.4 Å². The van der Waals surface area contributed by atoms with Crippen molar-refractivity contribution in [3.05, 3.63) is 100 Å². The number of aliphatic hydroxyl groups excluding tert-OH is 1. The van der Waals surface area contributed by atoms with Crippen molar-refractivity contribution in [3.8, 4) is 0 Å². The second kappa shape index (κ2) is 7.59. The van der Waals surface area contributed by atoms with E-state index in [4.69, 9.17) is 0 Å². The van der Waals surface area contributed by atoms with Gasteiger partial charge in [0.1, 0.15) is 11.8 Å². The highest BCUT2D eigenvalue weighted by atomic mass is 16.3. The van der Waals surface area contributed by atoms with Crippen molar-refractivity contribution in [3.63, 3.8) is 0 Å². The van der Waals surface area contributed by atoms with Crippen molar-refractivity contribution in [1.82, 2.24) is 4.98 Å². The number of rotatable bonds is 3. The molecule has 30 heavy (non-hydrogen) atoms. The molecule has 0 radical (unpaired) electrons. The number of aliphatic hydroxyl groups is 1. The lowest BCUT2D eigenvalue weighted by atomic mass is 9.96. The van der Waals surface area contributed by atoms with Crippen LogP contribution in [0.25, 0.3) is 5.76 Å². The Morgan fingerprint density at radius 3 is 2.30 bits per heavy atom. The summed E-state index contributed by atoms with van der Waals surface area (Å²) in [5, 5.41) is 11.1. The first kappa shape index (κ1) is 19.6. The molecule has 0 saturated carbocycles. The molecule has 2 heterocycles. The van der Waals surface area contributed by atoms with E-state index in [1.54, 1.807) is 36.5 Å². The monoisotopic (exact) mass is 398 g/mol. The van der Waals surface area contributed by atoms with Crippen LogP contribution < -0.4 is 4.90 Å². The average molecular weight is 398 g/mol. The van der Waals surface area contributed by atoms with Crippen molar-refractivity contribution in [2.75, 3.05) is 4.90 Å². The summed E-state index contributed by atoms with van der Waals surface area (Å²) >= 11 is 0. The highest BCUT2D eigenvalue weighted by Crippen LogP contribution is 2.42. The Hall–Kier alpha value is -3.73. The van der Waals surface area contributed by atoms with Crippen LogP contribution in [0.2, 0.25) is 0 Å². The number of aromatic nitrogens is 1. The number of carbonyl (C=O) groups is 2. The molecule has 1 aliphatic heterocycles. The minimum atomic E-state index is -0.811. The number of hydrogen-bond acceptors (Lipinski definition) is 4. The lowest BCUT2D eigenvalue weighted by Crippen LogP contribution is -2.30. The van der Waals surface area contributed by atoms with Crippen LogP contribution in [0, 0.1) is 20.8 Å². The summed E-state index contributed by atoms with van der Waals surface area (Å²) in [4.78, 5) is 32.1. The topological polar surface area (TPSA) is 70.5 Å². The number of amides is 1. The predicted octanol–water partition coefficient (Wildman–Crippen LogP) is 4.63. The molecule has 1 aliphatic rings. The number of aryl methyl sites for hydroxylation is 3. The van der Waals surface area contributed by atoms with E-state index in [9.17, 15) is 14.7 Å². The smallest absolute Gasteiger partial charge is 0.300 e. The Morgan fingerprint density at radius 1 is 0.900 bits per heavy atom. The highest BCUT2D eigenvalue weighted by Gasteiger charge is 2.47. The van der Waals surface area contributed by atoms with E-state index in [-0.39, 0.29) is 11.3 Å². The second-order valence-corrected chi connectivity index (χ2v) is 7.51. The first-order valence-corrected chi connectivity index (χ1v) is 9.75. The normalized spacial score (nSPS) is 18.1. The van der Waals surface area contributed by atoms with Crippen molar-refractivity contribution < 1.29 is 14.7 Å². The van der Waals surface area contributed by atoms with Crippen molar-refractivity contribution in [2.24, 2.45) is 0 Å². The van der Waals surface area contributed by atoms with Crippen LogP contribution in [0.1, 0.15) is 34.0 Å². The van der Waals surface area contributed by atoms with Crippen LogP contribution in [0.3, 0.4) is 0 Å². The third-order valence-electron chi connectivity index (χ3n) is 5.57. The van der Waals surface area contributed by atoms with Crippen LogP contribution >= 0.6 is 0 Å². The van der Waals surface area contributed by atoms with E-state index in [0.717, 1.165) is 16.7 Å². The lowest BCUT2D eigenvalue weighted by molar-refractivity contribution is -0.132. The first-order valence-electron chi connectivity index (χ1n) is 9.75. The molecule has 1 amide bonds. The second-order valence-electron chi connectivity index (χ2n) is 7.51. The van der Waals surface area contributed by atoms with Crippen LogP contribution in [-0.2, 0) is 9.59 Å². The predicted molar refractivity (Wildman–Crippen MR) is 116 cm³/mol. The standard InChI is InChI=1S/C25H22N2O3/c1-15-11-12-18(14-17(15)3)23(28)21-22(19-9-6-7-13-26-19)27(25(30)24(21)29)20-10-5-4-8-16(20)2/h4-14,22,28H,1-3H3/b23-21-. The number of carbonyl (C=O) groups excluding carboxylic acids is 2. The summed E-state index contributed by atoms with van der Waals surface area (Å²) in [7, 11) is 0. The zero-order chi connectivity index (χ0) is 21.4. The number of benzene rings is 2. The molecule has 0 bridgehead atoms. The van der Waals surface area contributed by atoms with Crippen molar-refractivity contribution in [2.45, 2.75) is 26.8 Å². The van der Waals surface area contributed by atoms with E-state index >= 15 is 0 Å². The summed E-state index contributed by atoms with van der Waals surface area (Å²) in [5.41, 5.74) is 4.60. The third-order valence-corrected chi connectivity index (χ3v) is 5.57. The lowest BCUT2D eigenvalue weighted by Gasteiger charge is -2.26. The van der Waals surface area contributed by atoms with Crippen molar-refractivity contribution >= 4 is 23.1 Å². The molecule has 1 unspecified atom stereocenters. The molecule has 1 N–H and O–H groups in total. The van der Waals surface area contributed by atoms with Gasteiger partial charge in [-0.2, -0.15) is 0 Å². The van der Waals surface area contributed by atoms with E-state index in [2.05, 4.69) is 4.98 Å². The quantitative estimate of drug-likeness (QED) is 0.397. The Kier molecular flexibility index (Phi) is 4.96. The van der Waals surface area contributed by atoms with Gasteiger partial charge in [-0.15, -0.1) is 0 Å². The van der Waals surface area contributed by atoms with Gasteiger partial charge < -0.3 is 5.11 Å². The molecule has 0 aliphatic carbocycles. The minimum absolute atomic E-state index is 0.0465. The largest absolute Gasteiger partial charge is 0.507 e. The number of nitrogens with zero attached hydrogens (tertiary/aromatic N) is 2. The number of Topliss-reactive ketones (excluding diaryl/α,β-unsaturated/α-hetero) is 1. The Labute approximate surface area is 175 Å². The summed E-state index contributed by atoms with van der Waals surface area (Å²) < 4.78 is 0. The number of ketones is 1. The van der Waals surface area contributed by atoms with Gasteiger partial charge in [-0.25, -0.2) is 0 Å². The van der Waals surface area contributed by atoms with Gasteiger partial charge in [-0.3, -0.25) is 19.5 Å². The zero-order valence-electron chi connectivity index (χ0n) is 17.1.